The van der Waals surface area contributed by atoms with Gasteiger partial charge >= 0.3 is 0 Å². The molecular formula is C24H25NO2. The zero-order valence-electron chi connectivity index (χ0n) is 15.9. The summed E-state index contributed by atoms with van der Waals surface area (Å²) in [6, 6.07) is 25.9. The highest BCUT2D eigenvalue weighted by Crippen LogP contribution is 2.37. The largest absolute Gasteiger partial charge is 0.497 e. The van der Waals surface area contributed by atoms with Gasteiger partial charge in [0.15, 0.2) is 0 Å². The van der Waals surface area contributed by atoms with Crippen LogP contribution < -0.4 is 9.47 Å². The van der Waals surface area contributed by atoms with Crippen LogP contribution in [0.5, 0.6) is 11.5 Å². The molecule has 1 aliphatic heterocycles. The zero-order chi connectivity index (χ0) is 18.6. The second-order valence-corrected chi connectivity index (χ2v) is 6.95. The highest BCUT2D eigenvalue weighted by molar-refractivity contribution is 5.44. The van der Waals surface area contributed by atoms with Crippen LogP contribution in [0.15, 0.2) is 72.8 Å². The van der Waals surface area contributed by atoms with Crippen LogP contribution in [0, 0.1) is 0 Å². The first-order valence-corrected chi connectivity index (χ1v) is 9.37. The van der Waals surface area contributed by atoms with E-state index in [1.807, 2.05) is 12.1 Å². The number of rotatable bonds is 5. The SMILES string of the molecule is COc1ccc(CN2CCc3cc(OC)ccc3[C@H]2c2ccccc2)cc1. The molecule has 1 aliphatic rings. The van der Waals surface area contributed by atoms with E-state index in [-0.39, 0.29) is 6.04 Å². The van der Waals surface area contributed by atoms with Gasteiger partial charge in [0.05, 0.1) is 20.3 Å². The Balaban J connectivity index is 1.69. The molecular weight excluding hydrogens is 334 g/mol. The maximum atomic E-state index is 5.44. The quantitative estimate of drug-likeness (QED) is 0.650. The Hall–Kier alpha value is -2.78. The molecule has 1 atom stereocenters. The normalized spacial score (nSPS) is 16.6. The summed E-state index contributed by atoms with van der Waals surface area (Å²) in [7, 11) is 3.44. The predicted molar refractivity (Wildman–Crippen MR) is 108 cm³/mol. The van der Waals surface area contributed by atoms with E-state index < -0.39 is 0 Å². The van der Waals surface area contributed by atoms with Crippen molar-refractivity contribution < 1.29 is 9.47 Å². The van der Waals surface area contributed by atoms with E-state index in [1.165, 1.54) is 22.3 Å². The second kappa shape index (κ2) is 7.85. The zero-order valence-corrected chi connectivity index (χ0v) is 15.9. The van der Waals surface area contributed by atoms with Crippen LogP contribution >= 0.6 is 0 Å². The molecule has 0 aromatic heterocycles. The van der Waals surface area contributed by atoms with E-state index in [1.54, 1.807) is 14.2 Å². The molecule has 3 heteroatoms. The molecule has 0 radical (unpaired) electrons. The summed E-state index contributed by atoms with van der Waals surface area (Å²) < 4.78 is 10.7. The van der Waals surface area contributed by atoms with Crippen molar-refractivity contribution >= 4 is 0 Å². The highest BCUT2D eigenvalue weighted by atomic mass is 16.5. The predicted octanol–water partition coefficient (Wildman–Crippen LogP) is 4.85. The van der Waals surface area contributed by atoms with Gasteiger partial charge in [-0.05, 0) is 52.9 Å². The van der Waals surface area contributed by atoms with Crippen molar-refractivity contribution in [2.24, 2.45) is 0 Å². The third kappa shape index (κ3) is 3.69. The fraction of sp³-hybridized carbons (Fsp3) is 0.250. The molecule has 27 heavy (non-hydrogen) atoms. The average Bonchev–Trinajstić information content (AvgIpc) is 2.74. The van der Waals surface area contributed by atoms with Gasteiger partial charge in [-0.3, -0.25) is 4.90 Å². The van der Waals surface area contributed by atoms with Crippen LogP contribution in [0.4, 0.5) is 0 Å². The van der Waals surface area contributed by atoms with Gasteiger partial charge in [-0.2, -0.15) is 0 Å². The molecule has 0 N–H and O–H groups in total. The van der Waals surface area contributed by atoms with E-state index in [0.717, 1.165) is 31.0 Å². The Morgan fingerprint density at radius 1 is 0.852 bits per heavy atom. The first kappa shape index (κ1) is 17.6. The molecule has 3 nitrogen and oxygen atoms in total. The third-order valence-electron chi connectivity index (χ3n) is 5.34. The standard InChI is InChI=1S/C24H25NO2/c1-26-21-10-8-18(9-11-21)17-25-15-14-20-16-22(27-2)12-13-23(20)24(25)19-6-4-3-5-7-19/h3-13,16,24H,14-15,17H2,1-2H3/t24-/m1/s1. The lowest BCUT2D eigenvalue weighted by molar-refractivity contribution is 0.204. The van der Waals surface area contributed by atoms with Gasteiger partial charge in [0.1, 0.15) is 11.5 Å². The number of ether oxygens (including phenoxy) is 2. The molecule has 4 rings (SSSR count). The summed E-state index contributed by atoms with van der Waals surface area (Å²) >= 11 is 0. The minimum absolute atomic E-state index is 0.253. The van der Waals surface area contributed by atoms with Gasteiger partial charge in [0.2, 0.25) is 0 Å². The van der Waals surface area contributed by atoms with Crippen LogP contribution in [0.25, 0.3) is 0 Å². The maximum Gasteiger partial charge on any atom is 0.119 e. The molecule has 0 unspecified atom stereocenters. The van der Waals surface area contributed by atoms with Gasteiger partial charge in [-0.15, -0.1) is 0 Å². The van der Waals surface area contributed by atoms with Crippen molar-refractivity contribution in [3.8, 4) is 11.5 Å². The minimum Gasteiger partial charge on any atom is -0.497 e. The molecule has 0 spiro atoms. The first-order chi connectivity index (χ1) is 13.3. The van der Waals surface area contributed by atoms with Crippen LogP contribution in [0.2, 0.25) is 0 Å². The van der Waals surface area contributed by atoms with E-state index in [4.69, 9.17) is 9.47 Å². The first-order valence-electron chi connectivity index (χ1n) is 9.37. The van der Waals surface area contributed by atoms with E-state index in [2.05, 4.69) is 65.6 Å². The Morgan fingerprint density at radius 2 is 1.56 bits per heavy atom. The molecule has 0 saturated heterocycles. The monoisotopic (exact) mass is 359 g/mol. The Kier molecular flexibility index (Phi) is 5.12. The number of nitrogens with zero attached hydrogens (tertiary/aromatic N) is 1. The van der Waals surface area contributed by atoms with Crippen LogP contribution in [0.3, 0.4) is 0 Å². The summed E-state index contributed by atoms with van der Waals surface area (Å²) in [5, 5.41) is 0. The molecule has 3 aromatic carbocycles. The molecule has 1 heterocycles. The summed E-state index contributed by atoms with van der Waals surface area (Å²) in [6.07, 6.45) is 1.03. The molecule has 0 aliphatic carbocycles. The van der Waals surface area contributed by atoms with Crippen LogP contribution in [-0.2, 0) is 13.0 Å². The number of benzene rings is 3. The van der Waals surface area contributed by atoms with E-state index >= 15 is 0 Å². The maximum absolute atomic E-state index is 5.44. The molecule has 0 bridgehead atoms. The van der Waals surface area contributed by atoms with Crippen molar-refractivity contribution in [1.29, 1.82) is 0 Å². The lowest BCUT2D eigenvalue weighted by Crippen LogP contribution is -2.35. The van der Waals surface area contributed by atoms with Crippen LogP contribution in [-0.4, -0.2) is 25.7 Å². The van der Waals surface area contributed by atoms with Crippen molar-refractivity contribution in [3.05, 3.63) is 95.1 Å². The Bertz CT molecular complexity index is 890. The number of methoxy groups -OCH3 is 2. The second-order valence-electron chi connectivity index (χ2n) is 6.95. The summed E-state index contributed by atoms with van der Waals surface area (Å²) in [5.41, 5.74) is 5.39. The summed E-state index contributed by atoms with van der Waals surface area (Å²) in [5.74, 6) is 1.83. The topological polar surface area (TPSA) is 21.7 Å². The number of fused-ring (bicyclic) bond motifs is 1. The molecule has 0 fully saturated rings. The number of hydrogen-bond acceptors (Lipinski definition) is 3. The number of hydrogen-bond donors (Lipinski definition) is 0. The third-order valence-corrected chi connectivity index (χ3v) is 5.34. The Labute approximate surface area is 161 Å². The Morgan fingerprint density at radius 3 is 2.26 bits per heavy atom. The van der Waals surface area contributed by atoms with E-state index in [0.29, 0.717) is 0 Å². The van der Waals surface area contributed by atoms with Crippen molar-refractivity contribution in [1.82, 2.24) is 4.90 Å². The van der Waals surface area contributed by atoms with E-state index in [9.17, 15) is 0 Å². The molecule has 0 saturated carbocycles. The fourth-order valence-corrected chi connectivity index (χ4v) is 3.94. The van der Waals surface area contributed by atoms with Crippen molar-refractivity contribution in [2.45, 2.75) is 19.0 Å². The summed E-state index contributed by atoms with van der Waals surface area (Å²) in [4.78, 5) is 2.56. The van der Waals surface area contributed by atoms with Gasteiger partial charge in [-0.1, -0.05) is 48.5 Å². The van der Waals surface area contributed by atoms with Gasteiger partial charge < -0.3 is 9.47 Å². The highest BCUT2D eigenvalue weighted by Gasteiger charge is 2.29. The molecule has 138 valence electrons. The minimum atomic E-state index is 0.253. The van der Waals surface area contributed by atoms with Gasteiger partial charge in [-0.25, -0.2) is 0 Å². The summed E-state index contributed by atoms with van der Waals surface area (Å²) in [6.45, 7) is 1.93. The lowest BCUT2D eigenvalue weighted by Gasteiger charge is -2.38. The van der Waals surface area contributed by atoms with Crippen LogP contribution in [0.1, 0.15) is 28.3 Å². The smallest absolute Gasteiger partial charge is 0.119 e. The van der Waals surface area contributed by atoms with Gasteiger partial charge in [0, 0.05) is 13.1 Å². The van der Waals surface area contributed by atoms with Gasteiger partial charge in [0.25, 0.3) is 0 Å². The lowest BCUT2D eigenvalue weighted by atomic mass is 9.87. The average molecular weight is 359 g/mol. The molecule has 0 amide bonds. The fourth-order valence-electron chi connectivity index (χ4n) is 3.94. The van der Waals surface area contributed by atoms with Crippen molar-refractivity contribution in [2.75, 3.05) is 20.8 Å². The van der Waals surface area contributed by atoms with Crippen molar-refractivity contribution in [3.63, 3.8) is 0 Å². The molecule has 3 aromatic rings.